The molecule has 0 atom stereocenters. The number of aromatic nitrogens is 2. The summed E-state index contributed by atoms with van der Waals surface area (Å²) in [5, 5.41) is 9.66. The number of thioether (sulfide) groups is 1. The maximum absolute atomic E-state index is 12.0. The minimum atomic E-state index is -0.333. The number of aromatic hydroxyl groups is 1. The van der Waals surface area contributed by atoms with Crippen molar-refractivity contribution in [2.75, 3.05) is 18.8 Å². The van der Waals surface area contributed by atoms with Gasteiger partial charge in [0.25, 0.3) is 5.56 Å². The Morgan fingerprint density at radius 1 is 1.42 bits per heavy atom. The summed E-state index contributed by atoms with van der Waals surface area (Å²) in [6.07, 6.45) is 3.29. The first-order valence-corrected chi connectivity index (χ1v) is 7.24. The van der Waals surface area contributed by atoms with Crippen LogP contribution in [0.2, 0.25) is 0 Å². The Labute approximate surface area is 115 Å². The summed E-state index contributed by atoms with van der Waals surface area (Å²) in [6.45, 7) is 1.62. The monoisotopic (exact) mass is 283 g/mol. The highest BCUT2D eigenvalue weighted by Crippen LogP contribution is 2.17. The molecule has 1 aromatic rings. The van der Waals surface area contributed by atoms with E-state index in [0.29, 0.717) is 5.16 Å². The summed E-state index contributed by atoms with van der Waals surface area (Å²) in [6, 6.07) is 1.05. The smallest absolute Gasteiger partial charge is 0.257 e. The van der Waals surface area contributed by atoms with Crippen LogP contribution in [0, 0.1) is 0 Å². The third kappa shape index (κ3) is 3.50. The van der Waals surface area contributed by atoms with Crippen LogP contribution in [0.25, 0.3) is 0 Å². The number of piperidine rings is 1. The Balaban J connectivity index is 1.98. The van der Waals surface area contributed by atoms with E-state index < -0.39 is 0 Å². The summed E-state index contributed by atoms with van der Waals surface area (Å²) in [5.74, 6) is -0.0117. The standard InChI is InChI=1S/C12H17N3O3S/c1-14-10(17)7-9(16)13-12(14)19-8-11(18)15-5-3-2-4-6-15/h7,16H,2-6,8H2,1H3. The summed E-state index contributed by atoms with van der Waals surface area (Å²) >= 11 is 1.18. The predicted molar refractivity (Wildman–Crippen MR) is 72.3 cm³/mol. The average molecular weight is 283 g/mol. The second-order valence-corrected chi connectivity index (χ2v) is 5.47. The van der Waals surface area contributed by atoms with E-state index in [9.17, 15) is 14.7 Å². The molecule has 0 unspecified atom stereocenters. The highest BCUT2D eigenvalue weighted by molar-refractivity contribution is 7.99. The molecular weight excluding hydrogens is 266 g/mol. The maximum atomic E-state index is 12.0. The molecule has 1 N–H and O–H groups in total. The van der Waals surface area contributed by atoms with Gasteiger partial charge < -0.3 is 10.0 Å². The molecule has 2 heterocycles. The number of likely N-dealkylation sites (tertiary alicyclic amines) is 1. The first-order chi connectivity index (χ1) is 9.08. The van der Waals surface area contributed by atoms with Crippen molar-refractivity contribution < 1.29 is 9.90 Å². The number of hydrogen-bond acceptors (Lipinski definition) is 5. The van der Waals surface area contributed by atoms with Crippen LogP contribution in [0.4, 0.5) is 0 Å². The summed E-state index contributed by atoms with van der Waals surface area (Å²) in [4.78, 5) is 29.1. The molecule has 0 saturated carbocycles. The number of carbonyl (C=O) groups excluding carboxylic acids is 1. The highest BCUT2D eigenvalue weighted by Gasteiger charge is 2.17. The molecule has 1 saturated heterocycles. The molecule has 2 rings (SSSR count). The lowest BCUT2D eigenvalue weighted by molar-refractivity contribution is -0.129. The third-order valence-electron chi connectivity index (χ3n) is 3.11. The van der Waals surface area contributed by atoms with Crippen molar-refractivity contribution in [2.24, 2.45) is 7.05 Å². The number of carbonyl (C=O) groups is 1. The average Bonchev–Trinajstić information content (AvgIpc) is 2.41. The molecule has 1 aromatic heterocycles. The van der Waals surface area contributed by atoms with Gasteiger partial charge in [0.15, 0.2) is 5.16 Å². The van der Waals surface area contributed by atoms with Gasteiger partial charge in [-0.1, -0.05) is 11.8 Å². The maximum Gasteiger partial charge on any atom is 0.257 e. The van der Waals surface area contributed by atoms with Gasteiger partial charge in [0, 0.05) is 20.1 Å². The fourth-order valence-corrected chi connectivity index (χ4v) is 2.87. The SMILES string of the molecule is Cn1c(SCC(=O)N2CCCCC2)nc(O)cc1=O. The van der Waals surface area contributed by atoms with Gasteiger partial charge in [0.05, 0.1) is 11.8 Å². The molecule has 1 fully saturated rings. The fraction of sp³-hybridized carbons (Fsp3) is 0.583. The molecule has 0 bridgehead atoms. The van der Waals surface area contributed by atoms with Crippen LogP contribution in [0.1, 0.15) is 19.3 Å². The molecule has 0 radical (unpaired) electrons. The fourth-order valence-electron chi connectivity index (χ4n) is 2.00. The van der Waals surface area contributed by atoms with E-state index in [4.69, 9.17) is 0 Å². The number of amides is 1. The summed E-state index contributed by atoms with van der Waals surface area (Å²) in [5.41, 5.74) is -0.333. The van der Waals surface area contributed by atoms with Gasteiger partial charge >= 0.3 is 0 Å². The van der Waals surface area contributed by atoms with Crippen LogP contribution < -0.4 is 5.56 Å². The van der Waals surface area contributed by atoms with Crippen LogP contribution in [-0.4, -0.2) is 44.3 Å². The predicted octanol–water partition coefficient (Wildman–Crippen LogP) is 0.590. The van der Waals surface area contributed by atoms with E-state index in [-0.39, 0.29) is 23.1 Å². The summed E-state index contributed by atoms with van der Waals surface area (Å²) < 4.78 is 1.33. The Bertz CT molecular complexity index is 523. The Morgan fingerprint density at radius 2 is 2.11 bits per heavy atom. The quantitative estimate of drug-likeness (QED) is 0.649. The molecule has 1 aliphatic rings. The first-order valence-electron chi connectivity index (χ1n) is 6.25. The van der Waals surface area contributed by atoms with E-state index in [1.54, 1.807) is 7.05 Å². The van der Waals surface area contributed by atoms with Crippen LogP contribution in [0.3, 0.4) is 0 Å². The van der Waals surface area contributed by atoms with Gasteiger partial charge in [-0.2, -0.15) is 4.98 Å². The molecule has 1 amide bonds. The number of rotatable bonds is 3. The Morgan fingerprint density at radius 3 is 2.79 bits per heavy atom. The lowest BCUT2D eigenvalue weighted by Crippen LogP contribution is -2.36. The van der Waals surface area contributed by atoms with Crippen molar-refractivity contribution in [1.29, 1.82) is 0 Å². The molecule has 0 aliphatic carbocycles. The largest absolute Gasteiger partial charge is 0.493 e. The Kier molecular flexibility index (Phi) is 4.47. The van der Waals surface area contributed by atoms with Crippen molar-refractivity contribution >= 4 is 17.7 Å². The Hall–Kier alpha value is -1.50. The van der Waals surface area contributed by atoms with Gasteiger partial charge in [-0.05, 0) is 19.3 Å². The highest BCUT2D eigenvalue weighted by atomic mass is 32.2. The van der Waals surface area contributed by atoms with Gasteiger partial charge in [0.2, 0.25) is 11.8 Å². The lowest BCUT2D eigenvalue weighted by Gasteiger charge is -2.26. The zero-order valence-electron chi connectivity index (χ0n) is 10.8. The first kappa shape index (κ1) is 13.9. The molecule has 1 aliphatic heterocycles. The second kappa shape index (κ2) is 6.10. The second-order valence-electron chi connectivity index (χ2n) is 4.52. The van der Waals surface area contributed by atoms with Gasteiger partial charge in [-0.25, -0.2) is 0 Å². The normalized spacial score (nSPS) is 15.5. The van der Waals surface area contributed by atoms with Gasteiger partial charge in [-0.15, -0.1) is 0 Å². The van der Waals surface area contributed by atoms with Crippen LogP contribution in [-0.2, 0) is 11.8 Å². The lowest BCUT2D eigenvalue weighted by atomic mass is 10.1. The number of hydrogen-bond donors (Lipinski definition) is 1. The van der Waals surface area contributed by atoms with E-state index in [1.807, 2.05) is 4.90 Å². The van der Waals surface area contributed by atoms with Crippen LogP contribution in [0.15, 0.2) is 16.0 Å². The minimum absolute atomic E-state index is 0.0577. The van der Waals surface area contributed by atoms with E-state index in [2.05, 4.69) is 4.98 Å². The zero-order chi connectivity index (χ0) is 13.8. The van der Waals surface area contributed by atoms with Crippen molar-refractivity contribution in [3.05, 3.63) is 16.4 Å². The molecule has 104 valence electrons. The van der Waals surface area contributed by atoms with E-state index in [0.717, 1.165) is 32.0 Å². The van der Waals surface area contributed by atoms with Crippen molar-refractivity contribution in [1.82, 2.24) is 14.5 Å². The van der Waals surface area contributed by atoms with E-state index >= 15 is 0 Å². The van der Waals surface area contributed by atoms with Crippen molar-refractivity contribution in [3.8, 4) is 5.88 Å². The van der Waals surface area contributed by atoms with Crippen LogP contribution >= 0.6 is 11.8 Å². The molecule has 0 spiro atoms. The minimum Gasteiger partial charge on any atom is -0.493 e. The van der Waals surface area contributed by atoms with Crippen molar-refractivity contribution in [2.45, 2.75) is 24.4 Å². The summed E-state index contributed by atoms with van der Waals surface area (Å²) in [7, 11) is 1.57. The van der Waals surface area contributed by atoms with E-state index in [1.165, 1.54) is 22.7 Å². The topological polar surface area (TPSA) is 75.4 Å². The van der Waals surface area contributed by atoms with Gasteiger partial charge in [0.1, 0.15) is 0 Å². The zero-order valence-corrected chi connectivity index (χ0v) is 11.7. The van der Waals surface area contributed by atoms with Crippen LogP contribution in [0.5, 0.6) is 5.88 Å². The molecule has 19 heavy (non-hydrogen) atoms. The molecule has 6 nitrogen and oxygen atoms in total. The number of nitrogens with zero attached hydrogens (tertiary/aromatic N) is 3. The third-order valence-corrected chi connectivity index (χ3v) is 4.13. The van der Waals surface area contributed by atoms with Crippen molar-refractivity contribution in [3.63, 3.8) is 0 Å². The molecular formula is C12H17N3O3S. The van der Waals surface area contributed by atoms with Gasteiger partial charge in [-0.3, -0.25) is 14.2 Å². The molecule has 0 aromatic carbocycles. The molecule has 7 heteroatoms.